The fraction of sp³-hybridized carbons (Fsp3) is 0.364. The van der Waals surface area contributed by atoms with Crippen LogP contribution in [-0.2, 0) is 7.05 Å². The van der Waals surface area contributed by atoms with Gasteiger partial charge in [-0.25, -0.2) is 9.97 Å². The summed E-state index contributed by atoms with van der Waals surface area (Å²) in [5.41, 5.74) is 0.875. The molecule has 2 heterocycles. The molecule has 6 heteroatoms. The SMILES string of the molecule is CCOc1ncnc(Nc2ccn(C)n2)c1C. The summed E-state index contributed by atoms with van der Waals surface area (Å²) in [5, 5.41) is 7.36. The molecular weight excluding hydrogens is 218 g/mol. The van der Waals surface area contributed by atoms with Gasteiger partial charge in [0.2, 0.25) is 5.88 Å². The Balaban J connectivity index is 2.23. The van der Waals surface area contributed by atoms with E-state index in [1.807, 2.05) is 33.2 Å². The fourth-order valence-corrected chi connectivity index (χ4v) is 1.45. The highest BCUT2D eigenvalue weighted by Gasteiger charge is 2.08. The lowest BCUT2D eigenvalue weighted by Gasteiger charge is -2.09. The average Bonchev–Trinajstić information content (AvgIpc) is 2.70. The van der Waals surface area contributed by atoms with E-state index in [1.54, 1.807) is 4.68 Å². The molecule has 0 radical (unpaired) electrons. The van der Waals surface area contributed by atoms with Crippen molar-refractivity contribution in [3.05, 3.63) is 24.2 Å². The van der Waals surface area contributed by atoms with Crippen molar-refractivity contribution in [1.29, 1.82) is 0 Å². The van der Waals surface area contributed by atoms with Crippen molar-refractivity contribution in [2.45, 2.75) is 13.8 Å². The molecule has 0 atom stereocenters. The van der Waals surface area contributed by atoms with E-state index in [0.717, 1.165) is 11.4 Å². The van der Waals surface area contributed by atoms with E-state index in [4.69, 9.17) is 4.74 Å². The summed E-state index contributed by atoms with van der Waals surface area (Å²) >= 11 is 0. The molecule has 2 rings (SSSR count). The highest BCUT2D eigenvalue weighted by molar-refractivity contribution is 5.57. The van der Waals surface area contributed by atoms with Gasteiger partial charge in [-0.1, -0.05) is 0 Å². The van der Waals surface area contributed by atoms with Gasteiger partial charge in [0.15, 0.2) is 5.82 Å². The number of hydrogen-bond acceptors (Lipinski definition) is 5. The Morgan fingerprint density at radius 2 is 2.24 bits per heavy atom. The molecule has 2 aromatic heterocycles. The maximum Gasteiger partial charge on any atom is 0.221 e. The van der Waals surface area contributed by atoms with Gasteiger partial charge < -0.3 is 10.1 Å². The molecule has 17 heavy (non-hydrogen) atoms. The summed E-state index contributed by atoms with van der Waals surface area (Å²) in [5.74, 6) is 2.06. The van der Waals surface area contributed by atoms with Crippen LogP contribution in [0.1, 0.15) is 12.5 Å². The molecule has 0 saturated heterocycles. The minimum Gasteiger partial charge on any atom is -0.478 e. The predicted octanol–water partition coefficient (Wildman–Crippen LogP) is 1.66. The van der Waals surface area contributed by atoms with Crippen LogP contribution in [0.4, 0.5) is 11.6 Å². The first-order valence-corrected chi connectivity index (χ1v) is 5.41. The van der Waals surface area contributed by atoms with Crippen molar-refractivity contribution < 1.29 is 4.74 Å². The third kappa shape index (κ3) is 2.52. The zero-order valence-corrected chi connectivity index (χ0v) is 10.1. The fourth-order valence-electron chi connectivity index (χ4n) is 1.45. The van der Waals surface area contributed by atoms with Crippen LogP contribution in [-0.4, -0.2) is 26.4 Å². The highest BCUT2D eigenvalue weighted by Crippen LogP contribution is 2.22. The van der Waals surface area contributed by atoms with Crippen molar-refractivity contribution in [3.8, 4) is 5.88 Å². The molecule has 0 aromatic carbocycles. The summed E-state index contributed by atoms with van der Waals surface area (Å²) in [6, 6.07) is 1.88. The van der Waals surface area contributed by atoms with Gasteiger partial charge in [-0.05, 0) is 13.8 Å². The zero-order valence-electron chi connectivity index (χ0n) is 10.1. The molecule has 0 amide bonds. The predicted molar refractivity (Wildman–Crippen MR) is 64.4 cm³/mol. The topological polar surface area (TPSA) is 64.9 Å². The molecular formula is C11H15N5O. The van der Waals surface area contributed by atoms with E-state index in [1.165, 1.54) is 6.33 Å². The van der Waals surface area contributed by atoms with Crippen LogP contribution in [0.5, 0.6) is 5.88 Å². The molecule has 6 nitrogen and oxygen atoms in total. The van der Waals surface area contributed by atoms with Crippen LogP contribution < -0.4 is 10.1 Å². The molecule has 90 valence electrons. The largest absolute Gasteiger partial charge is 0.478 e. The van der Waals surface area contributed by atoms with E-state index in [-0.39, 0.29) is 0 Å². The van der Waals surface area contributed by atoms with Gasteiger partial charge in [0.25, 0.3) is 0 Å². The molecule has 0 saturated carbocycles. The molecule has 0 aliphatic rings. The smallest absolute Gasteiger partial charge is 0.221 e. The summed E-state index contributed by atoms with van der Waals surface area (Å²) in [6.45, 7) is 4.42. The number of hydrogen-bond donors (Lipinski definition) is 1. The Morgan fingerprint density at radius 1 is 1.41 bits per heavy atom. The molecule has 0 bridgehead atoms. The van der Waals surface area contributed by atoms with Crippen molar-refractivity contribution >= 4 is 11.6 Å². The maximum atomic E-state index is 5.40. The molecule has 0 fully saturated rings. The van der Waals surface area contributed by atoms with Gasteiger partial charge in [-0.15, -0.1) is 0 Å². The summed E-state index contributed by atoms with van der Waals surface area (Å²) in [6.07, 6.45) is 3.34. The number of ether oxygens (including phenoxy) is 1. The second-order valence-corrected chi connectivity index (χ2v) is 3.59. The normalized spacial score (nSPS) is 10.3. The second-order valence-electron chi connectivity index (χ2n) is 3.59. The second kappa shape index (κ2) is 4.82. The minimum absolute atomic E-state index is 0.584. The van der Waals surface area contributed by atoms with Gasteiger partial charge in [0.05, 0.1) is 12.2 Å². The van der Waals surface area contributed by atoms with Gasteiger partial charge in [-0.2, -0.15) is 5.10 Å². The van der Waals surface area contributed by atoms with Crippen LogP contribution in [0.25, 0.3) is 0 Å². The van der Waals surface area contributed by atoms with Crippen molar-refractivity contribution in [2.75, 3.05) is 11.9 Å². The van der Waals surface area contributed by atoms with Gasteiger partial charge >= 0.3 is 0 Å². The number of anilines is 2. The van der Waals surface area contributed by atoms with Crippen molar-refractivity contribution in [1.82, 2.24) is 19.7 Å². The standard InChI is InChI=1S/C11H15N5O/c1-4-17-11-8(2)10(12-7-13-11)14-9-5-6-16(3)15-9/h5-7H,4H2,1-3H3,(H,12,13,14,15). The molecule has 2 aromatic rings. The number of nitrogens with one attached hydrogen (secondary N) is 1. The highest BCUT2D eigenvalue weighted by atomic mass is 16.5. The molecule has 0 unspecified atom stereocenters. The van der Waals surface area contributed by atoms with Crippen LogP contribution in [0.2, 0.25) is 0 Å². The average molecular weight is 233 g/mol. The van der Waals surface area contributed by atoms with E-state index in [2.05, 4.69) is 20.4 Å². The number of nitrogens with zero attached hydrogens (tertiary/aromatic N) is 4. The summed E-state index contributed by atoms with van der Waals surface area (Å²) < 4.78 is 7.13. The van der Waals surface area contributed by atoms with Crippen LogP contribution in [0.3, 0.4) is 0 Å². The van der Waals surface area contributed by atoms with Gasteiger partial charge in [0.1, 0.15) is 12.1 Å². The van der Waals surface area contributed by atoms with E-state index in [9.17, 15) is 0 Å². The lowest BCUT2D eigenvalue weighted by molar-refractivity contribution is 0.324. The Labute approximate surface area is 99.7 Å². The zero-order chi connectivity index (χ0) is 12.3. The summed E-state index contributed by atoms with van der Waals surface area (Å²) in [4.78, 5) is 8.25. The van der Waals surface area contributed by atoms with E-state index < -0.39 is 0 Å². The third-order valence-electron chi connectivity index (χ3n) is 2.28. The lowest BCUT2D eigenvalue weighted by Crippen LogP contribution is -2.03. The first kappa shape index (κ1) is 11.4. The molecule has 0 aliphatic carbocycles. The summed E-state index contributed by atoms with van der Waals surface area (Å²) in [7, 11) is 1.86. The third-order valence-corrected chi connectivity index (χ3v) is 2.28. The first-order chi connectivity index (χ1) is 8.20. The molecule has 0 aliphatic heterocycles. The van der Waals surface area contributed by atoms with Crippen LogP contribution in [0.15, 0.2) is 18.6 Å². The number of aryl methyl sites for hydroxylation is 1. The molecule has 0 spiro atoms. The van der Waals surface area contributed by atoms with E-state index in [0.29, 0.717) is 18.3 Å². The quantitative estimate of drug-likeness (QED) is 0.870. The number of aromatic nitrogens is 4. The Kier molecular flexibility index (Phi) is 3.22. The van der Waals surface area contributed by atoms with Gasteiger partial charge in [-0.3, -0.25) is 4.68 Å². The Hall–Kier alpha value is -2.11. The monoisotopic (exact) mass is 233 g/mol. The number of rotatable bonds is 4. The van der Waals surface area contributed by atoms with Crippen molar-refractivity contribution in [2.24, 2.45) is 7.05 Å². The molecule has 1 N–H and O–H groups in total. The Morgan fingerprint density at radius 3 is 2.88 bits per heavy atom. The Bertz CT molecular complexity index is 508. The maximum absolute atomic E-state index is 5.40. The van der Waals surface area contributed by atoms with Crippen molar-refractivity contribution in [3.63, 3.8) is 0 Å². The first-order valence-electron chi connectivity index (χ1n) is 5.41. The lowest BCUT2D eigenvalue weighted by atomic mass is 10.3. The minimum atomic E-state index is 0.584. The van der Waals surface area contributed by atoms with Gasteiger partial charge in [0, 0.05) is 19.3 Å². The van der Waals surface area contributed by atoms with Crippen LogP contribution in [0, 0.1) is 6.92 Å². The van der Waals surface area contributed by atoms with E-state index >= 15 is 0 Å². The van der Waals surface area contributed by atoms with Crippen LogP contribution >= 0.6 is 0 Å².